The lowest BCUT2D eigenvalue weighted by Gasteiger charge is -2.16. The van der Waals surface area contributed by atoms with Crippen LogP contribution in [0.1, 0.15) is 19.3 Å². The molecule has 2 N–H and O–H groups in total. The number of benzene rings is 1. The molecule has 1 aliphatic heterocycles. The van der Waals surface area contributed by atoms with Crippen molar-refractivity contribution < 1.29 is 4.79 Å². The fraction of sp³-hybridized carbons (Fsp3) is 0.429. The van der Waals surface area contributed by atoms with Gasteiger partial charge < -0.3 is 15.5 Å². The summed E-state index contributed by atoms with van der Waals surface area (Å²) in [6.45, 7) is 2.45. The Balaban J connectivity index is 1.62. The van der Waals surface area contributed by atoms with E-state index in [-0.39, 0.29) is 5.91 Å². The van der Waals surface area contributed by atoms with Gasteiger partial charge in [0.05, 0.1) is 0 Å². The largest absolute Gasteiger partial charge is 0.362 e. The van der Waals surface area contributed by atoms with E-state index in [0.717, 1.165) is 38.2 Å². The van der Waals surface area contributed by atoms with Gasteiger partial charge in [-0.3, -0.25) is 4.79 Å². The lowest BCUT2D eigenvalue weighted by Crippen LogP contribution is -2.32. The molecule has 108 valence electrons. The van der Waals surface area contributed by atoms with Crippen LogP contribution in [0, 0.1) is 0 Å². The monoisotopic (exact) mass is 311 g/mol. The van der Waals surface area contributed by atoms with Crippen LogP contribution in [0.3, 0.4) is 0 Å². The molecule has 1 saturated heterocycles. The number of halogens is 1. The van der Waals surface area contributed by atoms with Gasteiger partial charge in [0, 0.05) is 36.8 Å². The molecule has 20 heavy (non-hydrogen) atoms. The molecule has 2 rings (SSSR count). The fourth-order valence-electron chi connectivity index (χ4n) is 2.12. The zero-order chi connectivity index (χ0) is 14.4. The van der Waals surface area contributed by atoms with Crippen molar-refractivity contribution >= 4 is 40.5 Å². The normalized spacial score (nSPS) is 14.4. The Hall–Kier alpha value is -1.33. The van der Waals surface area contributed by atoms with Crippen LogP contribution < -0.4 is 10.6 Å². The first-order valence-electron chi connectivity index (χ1n) is 6.73. The number of nitrogens with one attached hydrogen (secondary N) is 2. The second-order valence-corrected chi connectivity index (χ2v) is 5.57. The Kier molecular flexibility index (Phi) is 5.61. The zero-order valence-corrected chi connectivity index (χ0v) is 12.8. The van der Waals surface area contributed by atoms with Crippen LogP contribution in [-0.2, 0) is 4.79 Å². The summed E-state index contributed by atoms with van der Waals surface area (Å²) in [6, 6.07) is 7.37. The first-order valence-corrected chi connectivity index (χ1v) is 7.52. The van der Waals surface area contributed by atoms with Crippen LogP contribution in [0.4, 0.5) is 5.69 Å². The van der Waals surface area contributed by atoms with Crippen LogP contribution in [0.15, 0.2) is 24.3 Å². The lowest BCUT2D eigenvalue weighted by molar-refractivity contribution is -0.127. The molecule has 1 heterocycles. The Morgan fingerprint density at radius 3 is 2.75 bits per heavy atom. The average Bonchev–Trinajstić information content (AvgIpc) is 2.83. The second kappa shape index (κ2) is 7.45. The topological polar surface area (TPSA) is 44.4 Å². The molecule has 0 bridgehead atoms. The fourth-order valence-corrected chi connectivity index (χ4v) is 2.47. The third-order valence-electron chi connectivity index (χ3n) is 3.16. The third kappa shape index (κ3) is 4.65. The highest BCUT2D eigenvalue weighted by Crippen LogP contribution is 2.13. The van der Waals surface area contributed by atoms with Crippen molar-refractivity contribution in [2.24, 2.45) is 0 Å². The number of likely N-dealkylation sites (tertiary alicyclic amines) is 1. The number of nitrogens with zero attached hydrogens (tertiary/aromatic N) is 1. The number of anilines is 1. The van der Waals surface area contributed by atoms with Gasteiger partial charge >= 0.3 is 0 Å². The highest BCUT2D eigenvalue weighted by atomic mass is 35.5. The van der Waals surface area contributed by atoms with E-state index in [1.54, 1.807) is 0 Å². The van der Waals surface area contributed by atoms with Crippen molar-refractivity contribution in [1.82, 2.24) is 10.2 Å². The van der Waals surface area contributed by atoms with Crippen molar-refractivity contribution in [3.05, 3.63) is 29.3 Å². The van der Waals surface area contributed by atoms with Crippen LogP contribution in [0.25, 0.3) is 0 Å². The lowest BCUT2D eigenvalue weighted by atomic mass is 10.3. The van der Waals surface area contributed by atoms with Gasteiger partial charge in [0.2, 0.25) is 5.91 Å². The van der Waals surface area contributed by atoms with Crippen LogP contribution in [-0.4, -0.2) is 35.6 Å². The van der Waals surface area contributed by atoms with Crippen molar-refractivity contribution in [3.63, 3.8) is 0 Å². The Bertz CT molecular complexity index is 478. The van der Waals surface area contributed by atoms with Crippen molar-refractivity contribution in [2.75, 3.05) is 25.0 Å². The number of rotatable bonds is 5. The van der Waals surface area contributed by atoms with Gasteiger partial charge in [-0.25, -0.2) is 0 Å². The van der Waals surface area contributed by atoms with E-state index < -0.39 is 0 Å². The zero-order valence-electron chi connectivity index (χ0n) is 11.2. The summed E-state index contributed by atoms with van der Waals surface area (Å²) in [6.07, 6.45) is 2.58. The van der Waals surface area contributed by atoms with Crippen LogP contribution >= 0.6 is 23.8 Å². The molecule has 0 aliphatic carbocycles. The maximum absolute atomic E-state index is 11.4. The molecule has 0 radical (unpaired) electrons. The Morgan fingerprint density at radius 2 is 2.10 bits per heavy atom. The average molecular weight is 312 g/mol. The summed E-state index contributed by atoms with van der Waals surface area (Å²) in [5.74, 6) is 0.270. The first kappa shape index (κ1) is 15.1. The molecular weight excluding hydrogens is 294 g/mol. The van der Waals surface area contributed by atoms with Crippen LogP contribution in [0.5, 0.6) is 0 Å². The molecule has 0 spiro atoms. The van der Waals surface area contributed by atoms with Gasteiger partial charge in [-0.05, 0) is 49.3 Å². The van der Waals surface area contributed by atoms with Gasteiger partial charge in [-0.1, -0.05) is 11.6 Å². The Morgan fingerprint density at radius 1 is 1.35 bits per heavy atom. The first-order chi connectivity index (χ1) is 9.65. The molecule has 1 aliphatic rings. The minimum Gasteiger partial charge on any atom is -0.362 e. The molecule has 0 aromatic heterocycles. The number of hydrogen-bond acceptors (Lipinski definition) is 2. The number of hydrogen-bond donors (Lipinski definition) is 2. The molecular formula is C14H18ClN3OS. The minimum atomic E-state index is 0.270. The van der Waals surface area contributed by atoms with Gasteiger partial charge in [0.1, 0.15) is 0 Å². The second-order valence-electron chi connectivity index (χ2n) is 4.73. The summed E-state index contributed by atoms with van der Waals surface area (Å²) in [5, 5.41) is 7.50. The van der Waals surface area contributed by atoms with E-state index in [9.17, 15) is 4.79 Å². The molecule has 0 saturated carbocycles. The van der Waals surface area contributed by atoms with Crippen LogP contribution in [0.2, 0.25) is 5.02 Å². The van der Waals surface area contributed by atoms with Crippen molar-refractivity contribution in [1.29, 1.82) is 0 Å². The third-order valence-corrected chi connectivity index (χ3v) is 3.66. The molecule has 6 heteroatoms. The summed E-state index contributed by atoms with van der Waals surface area (Å²) < 4.78 is 0. The Labute approximate surface area is 129 Å². The van der Waals surface area contributed by atoms with E-state index in [2.05, 4.69) is 10.6 Å². The van der Waals surface area contributed by atoms with E-state index in [1.807, 2.05) is 29.2 Å². The van der Waals surface area contributed by atoms with Crippen molar-refractivity contribution in [2.45, 2.75) is 19.3 Å². The van der Waals surface area contributed by atoms with Crippen molar-refractivity contribution in [3.8, 4) is 0 Å². The van der Waals surface area contributed by atoms with E-state index in [0.29, 0.717) is 16.6 Å². The minimum absolute atomic E-state index is 0.270. The maximum atomic E-state index is 11.4. The summed E-state index contributed by atoms with van der Waals surface area (Å²) in [5.41, 5.74) is 0.904. The SMILES string of the molecule is O=C1CCCN1CCCNC(=S)Nc1ccc(Cl)cc1. The maximum Gasteiger partial charge on any atom is 0.222 e. The molecule has 4 nitrogen and oxygen atoms in total. The smallest absolute Gasteiger partial charge is 0.222 e. The van der Waals surface area contributed by atoms with Gasteiger partial charge in [0.25, 0.3) is 0 Å². The molecule has 0 atom stereocenters. The quantitative estimate of drug-likeness (QED) is 0.648. The van der Waals surface area contributed by atoms with Gasteiger partial charge in [-0.2, -0.15) is 0 Å². The van der Waals surface area contributed by atoms with E-state index >= 15 is 0 Å². The predicted molar refractivity (Wildman–Crippen MR) is 86.1 cm³/mol. The molecule has 1 aromatic rings. The number of amides is 1. The predicted octanol–water partition coefficient (Wildman–Crippen LogP) is 2.64. The molecule has 0 unspecified atom stereocenters. The van der Waals surface area contributed by atoms with E-state index in [4.69, 9.17) is 23.8 Å². The molecule has 1 aromatic carbocycles. The van der Waals surface area contributed by atoms with E-state index in [1.165, 1.54) is 0 Å². The standard InChI is InChI=1S/C14H18ClN3OS/c15-11-4-6-12(7-5-11)17-14(20)16-8-2-10-18-9-1-3-13(18)19/h4-7H,1-3,8-10H2,(H2,16,17,20). The van der Waals surface area contributed by atoms with Gasteiger partial charge in [-0.15, -0.1) is 0 Å². The molecule has 1 amide bonds. The highest BCUT2D eigenvalue weighted by Gasteiger charge is 2.18. The summed E-state index contributed by atoms with van der Waals surface area (Å²) >= 11 is 11.0. The number of carbonyl (C=O) groups is 1. The summed E-state index contributed by atoms with van der Waals surface area (Å²) in [7, 11) is 0. The van der Waals surface area contributed by atoms with Gasteiger partial charge in [0.15, 0.2) is 5.11 Å². The number of thiocarbonyl (C=S) groups is 1. The highest BCUT2D eigenvalue weighted by molar-refractivity contribution is 7.80. The number of carbonyl (C=O) groups excluding carboxylic acids is 1. The molecule has 1 fully saturated rings. The summed E-state index contributed by atoms with van der Waals surface area (Å²) in [4.78, 5) is 13.3.